The first kappa shape index (κ1) is 14.4. The molecule has 0 aliphatic heterocycles. The molecule has 0 saturated heterocycles. The van der Waals surface area contributed by atoms with Gasteiger partial charge in [-0.2, -0.15) is 8.42 Å². The van der Waals surface area contributed by atoms with Crippen LogP contribution in [0.15, 0.2) is 41.3 Å². The Morgan fingerprint density at radius 3 is 2.39 bits per heavy atom. The number of rotatable bonds is 6. The molecule has 0 heterocycles. The Bertz CT molecular complexity index is 531. The molecule has 0 saturated carbocycles. The number of aliphatic hydroxyl groups excluding tert-OH is 1. The summed E-state index contributed by atoms with van der Waals surface area (Å²) in [4.78, 5) is 10.0. The van der Waals surface area contributed by atoms with E-state index < -0.39 is 16.4 Å². The maximum absolute atomic E-state index is 10.8. The van der Waals surface area contributed by atoms with E-state index in [2.05, 4.69) is 6.58 Å². The van der Waals surface area contributed by atoms with Gasteiger partial charge in [0.2, 0.25) is 6.29 Å². The van der Waals surface area contributed by atoms with Gasteiger partial charge in [0.05, 0.1) is 4.90 Å². The van der Waals surface area contributed by atoms with Crippen molar-refractivity contribution >= 4 is 16.4 Å². The molecule has 0 spiro atoms. The van der Waals surface area contributed by atoms with Gasteiger partial charge in [0.15, 0.2) is 0 Å². The molecule has 6 nitrogen and oxygen atoms in total. The zero-order valence-electron chi connectivity index (χ0n) is 9.31. The van der Waals surface area contributed by atoms with Crippen molar-refractivity contribution < 1.29 is 27.6 Å². The van der Waals surface area contributed by atoms with Crippen molar-refractivity contribution in [2.24, 2.45) is 0 Å². The van der Waals surface area contributed by atoms with E-state index in [1.807, 2.05) is 0 Å². The minimum atomic E-state index is -4.25. The van der Waals surface area contributed by atoms with E-state index in [0.29, 0.717) is 6.29 Å². The van der Waals surface area contributed by atoms with E-state index in [1.165, 1.54) is 12.1 Å². The number of ether oxygens (including phenoxy) is 1. The van der Waals surface area contributed by atoms with Crippen LogP contribution in [0.4, 0.5) is 0 Å². The molecule has 0 radical (unpaired) electrons. The summed E-state index contributed by atoms with van der Waals surface area (Å²) in [6.45, 7) is 3.38. The van der Waals surface area contributed by atoms with Crippen LogP contribution in [-0.2, 0) is 14.9 Å². The minimum Gasteiger partial charge on any atom is -0.465 e. The number of benzene rings is 1. The van der Waals surface area contributed by atoms with Crippen molar-refractivity contribution in [3.05, 3.63) is 36.4 Å². The molecule has 0 bridgehead atoms. The normalized spacial score (nSPS) is 12.8. The molecule has 1 atom stereocenters. The van der Waals surface area contributed by atoms with Crippen LogP contribution in [0.25, 0.3) is 0 Å². The second-order valence-electron chi connectivity index (χ2n) is 3.50. The van der Waals surface area contributed by atoms with Gasteiger partial charge < -0.3 is 9.84 Å². The van der Waals surface area contributed by atoms with Crippen LogP contribution in [0, 0.1) is 0 Å². The maximum atomic E-state index is 10.8. The lowest BCUT2D eigenvalue weighted by Crippen LogP contribution is -2.16. The van der Waals surface area contributed by atoms with Gasteiger partial charge in [-0.1, -0.05) is 6.58 Å². The summed E-state index contributed by atoms with van der Waals surface area (Å²) in [5, 5.41) is 9.42. The molecule has 0 aliphatic rings. The van der Waals surface area contributed by atoms with E-state index >= 15 is 0 Å². The summed E-state index contributed by atoms with van der Waals surface area (Å²) in [5.41, 5.74) is 0.178. The largest absolute Gasteiger partial charge is 0.465 e. The fraction of sp³-hybridized carbons (Fsp3) is 0.182. The lowest BCUT2D eigenvalue weighted by atomic mass is 10.2. The van der Waals surface area contributed by atoms with Gasteiger partial charge in [-0.3, -0.25) is 9.35 Å². The topological polar surface area (TPSA) is 101 Å². The standard InChI is InChI=1S/C11H12O6S/c1-8(7-12)6-11(13)17-9-2-4-10(5-3-9)18(14,15)16/h2-5,7,11,13H,1,6H2,(H,14,15,16). The average molecular weight is 272 g/mol. The summed E-state index contributed by atoms with van der Waals surface area (Å²) in [6.07, 6.45) is -0.795. The van der Waals surface area contributed by atoms with E-state index in [1.54, 1.807) is 0 Å². The highest BCUT2D eigenvalue weighted by atomic mass is 32.2. The average Bonchev–Trinajstić information content (AvgIpc) is 2.28. The van der Waals surface area contributed by atoms with Gasteiger partial charge in [-0.25, -0.2) is 0 Å². The lowest BCUT2D eigenvalue weighted by molar-refractivity contribution is -0.105. The molecule has 0 aromatic heterocycles. The highest BCUT2D eigenvalue weighted by Crippen LogP contribution is 2.17. The minimum absolute atomic E-state index is 0.0520. The molecule has 1 unspecified atom stereocenters. The Balaban J connectivity index is 2.70. The third kappa shape index (κ3) is 4.28. The third-order valence-corrected chi connectivity index (χ3v) is 2.87. The smallest absolute Gasteiger partial charge is 0.294 e. The third-order valence-electron chi connectivity index (χ3n) is 2.00. The Hall–Kier alpha value is -1.70. The van der Waals surface area contributed by atoms with Crippen molar-refractivity contribution in [1.82, 2.24) is 0 Å². The summed E-state index contributed by atoms with van der Waals surface area (Å²) in [5.74, 6) is 0.202. The number of carbonyl (C=O) groups excluding carboxylic acids is 1. The van der Waals surface area contributed by atoms with Crippen molar-refractivity contribution in [3.8, 4) is 5.75 Å². The number of aliphatic hydroxyl groups is 1. The molecule has 18 heavy (non-hydrogen) atoms. The van der Waals surface area contributed by atoms with Gasteiger partial charge in [-0.05, 0) is 29.8 Å². The van der Waals surface area contributed by atoms with Crippen molar-refractivity contribution in [2.75, 3.05) is 0 Å². The fourth-order valence-corrected chi connectivity index (χ4v) is 1.64. The molecular formula is C11H12O6S. The monoisotopic (exact) mass is 272 g/mol. The Morgan fingerprint density at radius 1 is 1.39 bits per heavy atom. The second-order valence-corrected chi connectivity index (χ2v) is 4.92. The number of carbonyl (C=O) groups is 1. The lowest BCUT2D eigenvalue weighted by Gasteiger charge is -2.12. The molecule has 0 amide bonds. The zero-order valence-corrected chi connectivity index (χ0v) is 10.1. The number of aldehydes is 1. The second kappa shape index (κ2) is 5.76. The molecule has 98 valence electrons. The molecule has 0 aliphatic carbocycles. The quantitative estimate of drug-likeness (QED) is 0.343. The first-order chi connectivity index (χ1) is 8.32. The number of hydrogen-bond donors (Lipinski definition) is 2. The summed E-state index contributed by atoms with van der Waals surface area (Å²) in [7, 11) is -4.25. The van der Waals surface area contributed by atoms with Gasteiger partial charge >= 0.3 is 0 Å². The van der Waals surface area contributed by atoms with E-state index in [4.69, 9.17) is 9.29 Å². The van der Waals surface area contributed by atoms with E-state index in [-0.39, 0.29) is 22.6 Å². The Morgan fingerprint density at radius 2 is 1.94 bits per heavy atom. The summed E-state index contributed by atoms with van der Waals surface area (Å²) in [6, 6.07) is 4.81. The van der Waals surface area contributed by atoms with Gasteiger partial charge in [0, 0.05) is 6.42 Å². The number of hydrogen-bond acceptors (Lipinski definition) is 5. The van der Waals surface area contributed by atoms with Crippen LogP contribution in [0.2, 0.25) is 0 Å². The SMILES string of the molecule is C=C(C=O)CC(O)Oc1ccc(S(=O)(=O)O)cc1. The summed E-state index contributed by atoms with van der Waals surface area (Å²) >= 11 is 0. The Labute approximate surface area is 104 Å². The Kier molecular flexibility index (Phi) is 4.60. The van der Waals surface area contributed by atoms with Gasteiger partial charge in [0.25, 0.3) is 10.1 Å². The van der Waals surface area contributed by atoms with Crippen molar-refractivity contribution in [2.45, 2.75) is 17.6 Å². The molecule has 7 heteroatoms. The van der Waals surface area contributed by atoms with Crippen LogP contribution in [0.1, 0.15) is 6.42 Å². The molecule has 1 aromatic rings. The van der Waals surface area contributed by atoms with Crippen LogP contribution >= 0.6 is 0 Å². The molecule has 1 aromatic carbocycles. The van der Waals surface area contributed by atoms with Crippen LogP contribution < -0.4 is 4.74 Å². The predicted octanol–water partition coefficient (Wildman–Crippen LogP) is 0.776. The maximum Gasteiger partial charge on any atom is 0.294 e. The van der Waals surface area contributed by atoms with Crippen LogP contribution in [-0.4, -0.2) is 30.7 Å². The zero-order chi connectivity index (χ0) is 13.8. The van der Waals surface area contributed by atoms with Gasteiger partial charge in [0.1, 0.15) is 12.0 Å². The van der Waals surface area contributed by atoms with Crippen molar-refractivity contribution in [3.63, 3.8) is 0 Å². The van der Waals surface area contributed by atoms with E-state index in [9.17, 15) is 18.3 Å². The highest BCUT2D eigenvalue weighted by Gasteiger charge is 2.11. The van der Waals surface area contributed by atoms with Crippen molar-refractivity contribution in [1.29, 1.82) is 0 Å². The fourth-order valence-electron chi connectivity index (χ4n) is 1.16. The first-order valence-electron chi connectivity index (χ1n) is 4.88. The molecule has 2 N–H and O–H groups in total. The van der Waals surface area contributed by atoms with Gasteiger partial charge in [-0.15, -0.1) is 0 Å². The highest BCUT2D eigenvalue weighted by molar-refractivity contribution is 7.85. The molecular weight excluding hydrogens is 260 g/mol. The first-order valence-corrected chi connectivity index (χ1v) is 6.32. The molecule has 0 fully saturated rings. The van der Waals surface area contributed by atoms with Crippen LogP contribution in [0.3, 0.4) is 0 Å². The summed E-state index contributed by atoms with van der Waals surface area (Å²) < 4.78 is 35.3. The predicted molar refractivity (Wildman–Crippen MR) is 62.7 cm³/mol. The van der Waals surface area contributed by atoms with Crippen LogP contribution in [0.5, 0.6) is 5.75 Å². The molecule has 1 rings (SSSR count). The van der Waals surface area contributed by atoms with E-state index in [0.717, 1.165) is 12.1 Å².